The monoisotopic (exact) mass is 372 g/mol. The minimum Gasteiger partial charge on any atom is -0.508 e. The quantitative estimate of drug-likeness (QED) is 0.654. The Morgan fingerprint density at radius 2 is 1.19 bits per heavy atom. The van der Waals surface area contributed by atoms with Gasteiger partial charge in [-0.05, 0) is 57.2 Å². The Bertz CT molecular complexity index is 807. The second kappa shape index (κ2) is 6.37. The number of hydrogen-bond acceptors (Lipinski definition) is 5. The van der Waals surface area contributed by atoms with E-state index in [4.69, 9.17) is 4.74 Å². The molecule has 0 saturated heterocycles. The smallest absolute Gasteiger partial charge is 0.421 e. The molecule has 0 aliphatic carbocycles. The molecule has 4 N–H and O–H groups in total. The fourth-order valence-corrected chi connectivity index (χ4v) is 2.33. The van der Waals surface area contributed by atoms with E-state index in [0.29, 0.717) is 6.92 Å². The molecule has 0 heterocycles. The highest BCUT2D eigenvalue weighted by atomic mass is 19.4. The summed E-state index contributed by atoms with van der Waals surface area (Å²) < 4.78 is 44.5. The molecule has 0 radical (unpaired) electrons. The number of alkyl halides is 3. The first-order valence-electron chi connectivity index (χ1n) is 7.60. The summed E-state index contributed by atoms with van der Waals surface area (Å²) in [6.07, 6.45) is -5.00. The van der Waals surface area contributed by atoms with Crippen LogP contribution in [0.4, 0.5) is 13.2 Å². The topological polar surface area (TPSA) is 90.2 Å². The number of aromatic hydroxyl groups is 2. The highest BCUT2D eigenvalue weighted by Crippen LogP contribution is 2.44. The predicted octanol–water partition coefficient (Wildman–Crippen LogP) is 3.89. The fourth-order valence-electron chi connectivity index (χ4n) is 2.33. The Labute approximate surface area is 147 Å². The third-order valence-electron chi connectivity index (χ3n) is 3.91. The van der Waals surface area contributed by atoms with Crippen LogP contribution >= 0.6 is 0 Å². The predicted molar refractivity (Wildman–Crippen MR) is 87.2 cm³/mol. The summed E-state index contributed by atoms with van der Waals surface area (Å²) in [5, 5.41) is 39.3. The van der Waals surface area contributed by atoms with Gasteiger partial charge in [-0.2, -0.15) is 13.2 Å². The molecule has 0 saturated carbocycles. The van der Waals surface area contributed by atoms with Crippen LogP contribution in [-0.2, 0) is 11.2 Å². The summed E-state index contributed by atoms with van der Waals surface area (Å²) in [5.74, 6) is -0.836. The Morgan fingerprint density at radius 3 is 1.62 bits per heavy atom. The molecule has 0 amide bonds. The molecule has 2 rings (SSSR count). The zero-order chi connectivity index (χ0) is 19.9. The van der Waals surface area contributed by atoms with Crippen LogP contribution in [-0.4, -0.2) is 26.6 Å². The number of hydrogen-bond donors (Lipinski definition) is 4. The van der Waals surface area contributed by atoms with Gasteiger partial charge in [-0.3, -0.25) is 0 Å². The van der Waals surface area contributed by atoms with Crippen LogP contribution in [0.1, 0.15) is 31.9 Å². The molecule has 2 aromatic carbocycles. The lowest BCUT2D eigenvalue weighted by Crippen LogP contribution is -2.39. The van der Waals surface area contributed by atoms with Gasteiger partial charge in [0.25, 0.3) is 0 Å². The molecule has 0 aromatic heterocycles. The standard InChI is InChI=1S/C18H19F3O5/c1-16(2,24)12-8-10(4-6-14(12)22)26-11-5-7-15(23)13(9-11)17(3,25)18(19,20)21/h4-9,22-25H,1-3H3. The average Bonchev–Trinajstić information content (AvgIpc) is 2.48. The van der Waals surface area contributed by atoms with E-state index >= 15 is 0 Å². The molecule has 8 heteroatoms. The van der Waals surface area contributed by atoms with Crippen molar-refractivity contribution < 1.29 is 38.3 Å². The molecule has 1 atom stereocenters. The number of ether oxygens (including phenoxy) is 1. The minimum atomic E-state index is -5.00. The number of phenolic OH excluding ortho intramolecular Hbond substituents is 2. The third-order valence-corrected chi connectivity index (χ3v) is 3.91. The van der Waals surface area contributed by atoms with Crippen molar-refractivity contribution in [1.29, 1.82) is 0 Å². The van der Waals surface area contributed by atoms with E-state index in [1.54, 1.807) is 0 Å². The normalized spacial score (nSPS) is 14.8. The maximum atomic E-state index is 13.0. The number of rotatable bonds is 4. The summed E-state index contributed by atoms with van der Waals surface area (Å²) in [7, 11) is 0. The zero-order valence-corrected chi connectivity index (χ0v) is 14.3. The molecule has 142 valence electrons. The average molecular weight is 372 g/mol. The summed E-state index contributed by atoms with van der Waals surface area (Å²) in [6.45, 7) is 3.43. The van der Waals surface area contributed by atoms with Gasteiger partial charge in [-0.1, -0.05) is 0 Å². The van der Waals surface area contributed by atoms with Crippen molar-refractivity contribution >= 4 is 0 Å². The van der Waals surface area contributed by atoms with Crippen LogP contribution < -0.4 is 4.74 Å². The van der Waals surface area contributed by atoms with Crippen molar-refractivity contribution in [1.82, 2.24) is 0 Å². The molecule has 0 fully saturated rings. The van der Waals surface area contributed by atoms with Gasteiger partial charge in [0.2, 0.25) is 0 Å². The Kier molecular flexibility index (Phi) is 4.87. The number of benzene rings is 2. The summed E-state index contributed by atoms with van der Waals surface area (Å²) >= 11 is 0. The van der Waals surface area contributed by atoms with Gasteiger partial charge in [0.1, 0.15) is 23.0 Å². The first-order valence-corrected chi connectivity index (χ1v) is 7.60. The van der Waals surface area contributed by atoms with Gasteiger partial charge >= 0.3 is 6.18 Å². The lowest BCUT2D eigenvalue weighted by atomic mass is 9.94. The van der Waals surface area contributed by atoms with Crippen molar-refractivity contribution in [2.75, 3.05) is 0 Å². The molecule has 0 aliphatic rings. The van der Waals surface area contributed by atoms with Crippen molar-refractivity contribution in [3.63, 3.8) is 0 Å². The maximum absolute atomic E-state index is 13.0. The van der Waals surface area contributed by atoms with Gasteiger partial charge in [-0.25, -0.2) is 0 Å². The maximum Gasteiger partial charge on any atom is 0.421 e. The SMILES string of the molecule is CC(C)(O)c1cc(Oc2ccc(O)c(C(C)(O)C(F)(F)F)c2)ccc1O. The van der Waals surface area contributed by atoms with Gasteiger partial charge in [0, 0.05) is 11.1 Å². The van der Waals surface area contributed by atoms with E-state index in [1.165, 1.54) is 38.1 Å². The molecule has 2 aromatic rings. The largest absolute Gasteiger partial charge is 0.508 e. The Morgan fingerprint density at radius 1 is 0.769 bits per heavy atom. The second-order valence-corrected chi connectivity index (χ2v) is 6.59. The zero-order valence-electron chi connectivity index (χ0n) is 14.3. The van der Waals surface area contributed by atoms with Gasteiger partial charge < -0.3 is 25.2 Å². The summed E-state index contributed by atoms with van der Waals surface area (Å²) in [4.78, 5) is 0. The Hall–Kier alpha value is -2.45. The lowest BCUT2D eigenvalue weighted by molar-refractivity contribution is -0.259. The molecular formula is C18H19F3O5. The molecule has 1 unspecified atom stereocenters. The number of aliphatic hydroxyl groups is 2. The van der Waals surface area contributed by atoms with E-state index < -0.39 is 28.7 Å². The Balaban J connectivity index is 2.42. The van der Waals surface area contributed by atoms with Crippen LogP contribution in [0.3, 0.4) is 0 Å². The highest BCUT2D eigenvalue weighted by molar-refractivity contribution is 5.47. The van der Waals surface area contributed by atoms with Gasteiger partial charge in [-0.15, -0.1) is 0 Å². The van der Waals surface area contributed by atoms with Crippen LogP contribution in [0.15, 0.2) is 36.4 Å². The molecular weight excluding hydrogens is 353 g/mol. The molecule has 0 spiro atoms. The second-order valence-electron chi connectivity index (χ2n) is 6.59. The number of phenols is 2. The van der Waals surface area contributed by atoms with E-state index in [1.807, 2.05) is 0 Å². The van der Waals surface area contributed by atoms with Crippen molar-refractivity contribution in [3.8, 4) is 23.0 Å². The van der Waals surface area contributed by atoms with Crippen molar-refractivity contribution in [2.24, 2.45) is 0 Å². The van der Waals surface area contributed by atoms with E-state index in [-0.39, 0.29) is 22.8 Å². The molecule has 0 aliphatic heterocycles. The van der Waals surface area contributed by atoms with E-state index in [0.717, 1.165) is 12.1 Å². The van der Waals surface area contributed by atoms with Gasteiger partial charge in [0.05, 0.1) is 5.60 Å². The molecule has 5 nitrogen and oxygen atoms in total. The van der Waals surface area contributed by atoms with E-state index in [2.05, 4.69) is 0 Å². The van der Waals surface area contributed by atoms with Crippen LogP contribution in [0.25, 0.3) is 0 Å². The van der Waals surface area contributed by atoms with Crippen molar-refractivity contribution in [2.45, 2.75) is 38.1 Å². The number of halogens is 3. The summed E-state index contributed by atoms with van der Waals surface area (Å²) in [5.41, 5.74) is -5.24. The van der Waals surface area contributed by atoms with Crippen molar-refractivity contribution in [3.05, 3.63) is 47.5 Å². The fraction of sp³-hybridized carbons (Fsp3) is 0.333. The lowest BCUT2D eigenvalue weighted by Gasteiger charge is -2.27. The van der Waals surface area contributed by atoms with E-state index in [9.17, 15) is 33.6 Å². The summed E-state index contributed by atoms with van der Waals surface area (Å²) in [6, 6.07) is 7.04. The van der Waals surface area contributed by atoms with Crippen LogP contribution in [0.5, 0.6) is 23.0 Å². The van der Waals surface area contributed by atoms with Crippen LogP contribution in [0.2, 0.25) is 0 Å². The molecule has 0 bridgehead atoms. The van der Waals surface area contributed by atoms with Gasteiger partial charge in [0.15, 0.2) is 5.60 Å². The first-order chi connectivity index (χ1) is 11.7. The minimum absolute atomic E-state index is 0.0743. The third kappa shape index (κ3) is 3.86. The van der Waals surface area contributed by atoms with Crippen LogP contribution in [0, 0.1) is 0 Å². The highest BCUT2D eigenvalue weighted by Gasteiger charge is 2.52. The molecule has 26 heavy (non-hydrogen) atoms. The first kappa shape index (κ1) is 19.9.